The minimum atomic E-state index is -0.712. The molecule has 1 N–H and O–H groups in total. The molecule has 2 nitrogen and oxygen atoms in total. The molecular weight excluding hydrogens is 333 g/mol. The first kappa shape index (κ1) is 14.0. The Bertz CT molecular complexity index is 645. The number of halogens is 3. The molecule has 0 aliphatic rings. The third-order valence-electron chi connectivity index (χ3n) is 2.63. The lowest BCUT2D eigenvalue weighted by atomic mass is 10.1. The molecule has 0 radical (unpaired) electrons. The monoisotopic (exact) mass is 341 g/mol. The Hall–Kier alpha value is -1.39. The molecule has 0 spiro atoms. The number of benzene rings is 2. The number of rotatable bonds is 2. The highest BCUT2D eigenvalue weighted by Crippen LogP contribution is 2.22. The van der Waals surface area contributed by atoms with Crippen LogP contribution in [-0.4, -0.2) is 5.91 Å². The molecule has 0 unspecified atom stereocenters. The van der Waals surface area contributed by atoms with Crippen molar-refractivity contribution in [3.8, 4) is 0 Å². The first-order chi connectivity index (χ1) is 8.99. The summed E-state index contributed by atoms with van der Waals surface area (Å²) in [6, 6.07) is 9.75. The lowest BCUT2D eigenvalue weighted by Gasteiger charge is -2.09. The Morgan fingerprint density at radius 3 is 2.74 bits per heavy atom. The lowest BCUT2D eigenvalue weighted by molar-refractivity contribution is 0.102. The number of hydrogen-bond acceptors (Lipinski definition) is 1. The van der Waals surface area contributed by atoms with Gasteiger partial charge in [0.15, 0.2) is 5.82 Å². The number of carbonyl (C=O) groups is 1. The van der Waals surface area contributed by atoms with E-state index in [4.69, 9.17) is 11.6 Å². The molecule has 0 saturated carbocycles. The van der Waals surface area contributed by atoms with E-state index in [0.29, 0.717) is 5.69 Å². The van der Waals surface area contributed by atoms with Crippen LogP contribution in [0.5, 0.6) is 0 Å². The van der Waals surface area contributed by atoms with E-state index in [0.717, 1.165) is 10.0 Å². The van der Waals surface area contributed by atoms with E-state index in [9.17, 15) is 9.18 Å². The van der Waals surface area contributed by atoms with Crippen molar-refractivity contribution in [2.45, 2.75) is 6.92 Å². The molecule has 0 aromatic heterocycles. The smallest absolute Gasteiger partial charge is 0.258 e. The number of hydrogen-bond donors (Lipinski definition) is 1. The number of anilines is 1. The molecule has 0 atom stereocenters. The van der Waals surface area contributed by atoms with Crippen LogP contribution < -0.4 is 5.32 Å². The summed E-state index contributed by atoms with van der Waals surface area (Å²) in [5, 5.41) is 2.59. The van der Waals surface area contributed by atoms with Crippen LogP contribution in [0.25, 0.3) is 0 Å². The Morgan fingerprint density at radius 1 is 1.32 bits per heavy atom. The molecule has 1 amide bonds. The maximum Gasteiger partial charge on any atom is 0.258 e. The average Bonchev–Trinajstić information content (AvgIpc) is 2.36. The van der Waals surface area contributed by atoms with Crippen molar-refractivity contribution in [1.82, 2.24) is 0 Å². The maximum absolute atomic E-state index is 13.7. The van der Waals surface area contributed by atoms with Gasteiger partial charge in [-0.25, -0.2) is 4.39 Å². The Balaban J connectivity index is 2.28. The van der Waals surface area contributed by atoms with Crippen molar-refractivity contribution in [2.24, 2.45) is 0 Å². The molecule has 0 heterocycles. The highest BCUT2D eigenvalue weighted by molar-refractivity contribution is 9.10. The topological polar surface area (TPSA) is 29.1 Å². The van der Waals surface area contributed by atoms with Crippen molar-refractivity contribution in [2.75, 3.05) is 5.32 Å². The van der Waals surface area contributed by atoms with Gasteiger partial charge in [-0.1, -0.05) is 33.6 Å². The molecule has 0 aliphatic heterocycles. The van der Waals surface area contributed by atoms with Gasteiger partial charge in [0.1, 0.15) is 0 Å². The van der Waals surface area contributed by atoms with Crippen LogP contribution in [0.15, 0.2) is 40.9 Å². The summed E-state index contributed by atoms with van der Waals surface area (Å²) >= 11 is 8.99. The summed E-state index contributed by atoms with van der Waals surface area (Å²) < 4.78 is 14.6. The molecule has 98 valence electrons. The Kier molecular flexibility index (Phi) is 4.22. The minimum absolute atomic E-state index is 0.0693. The summed E-state index contributed by atoms with van der Waals surface area (Å²) in [5.74, 6) is -1.23. The third-order valence-corrected chi connectivity index (χ3v) is 3.42. The van der Waals surface area contributed by atoms with E-state index >= 15 is 0 Å². The minimum Gasteiger partial charge on any atom is -0.322 e. The summed E-state index contributed by atoms with van der Waals surface area (Å²) in [4.78, 5) is 12.0. The molecule has 0 aliphatic carbocycles. The lowest BCUT2D eigenvalue weighted by Crippen LogP contribution is -2.14. The molecule has 0 fully saturated rings. The van der Waals surface area contributed by atoms with Gasteiger partial charge in [-0.15, -0.1) is 0 Å². The van der Waals surface area contributed by atoms with E-state index in [1.165, 1.54) is 18.2 Å². The van der Waals surface area contributed by atoms with Crippen LogP contribution in [0, 0.1) is 12.7 Å². The van der Waals surface area contributed by atoms with Gasteiger partial charge < -0.3 is 5.32 Å². The number of carbonyl (C=O) groups excluding carboxylic acids is 1. The third kappa shape index (κ3) is 3.14. The van der Waals surface area contributed by atoms with Crippen LogP contribution in [0.3, 0.4) is 0 Å². The molecule has 5 heteroatoms. The van der Waals surface area contributed by atoms with Gasteiger partial charge in [0.05, 0.1) is 10.6 Å². The van der Waals surface area contributed by atoms with Crippen molar-refractivity contribution >= 4 is 39.1 Å². The normalized spacial score (nSPS) is 10.3. The summed E-state index contributed by atoms with van der Waals surface area (Å²) in [6.07, 6.45) is 0. The van der Waals surface area contributed by atoms with Gasteiger partial charge in [-0.2, -0.15) is 0 Å². The van der Waals surface area contributed by atoms with Crippen LogP contribution in [0.1, 0.15) is 15.9 Å². The zero-order valence-corrected chi connectivity index (χ0v) is 12.3. The SMILES string of the molecule is Cc1cc(Br)ccc1NC(=O)c1cccc(Cl)c1F. The van der Waals surface area contributed by atoms with Crippen LogP contribution >= 0.6 is 27.5 Å². The molecule has 0 saturated heterocycles. The summed E-state index contributed by atoms with van der Waals surface area (Å²) in [5.41, 5.74) is 1.44. The highest BCUT2D eigenvalue weighted by Gasteiger charge is 2.14. The highest BCUT2D eigenvalue weighted by atomic mass is 79.9. The Labute approximate surface area is 123 Å². The second-order valence-electron chi connectivity index (χ2n) is 4.01. The molecule has 2 rings (SSSR count). The zero-order valence-electron chi connectivity index (χ0n) is 10.0. The predicted molar refractivity (Wildman–Crippen MR) is 78.2 cm³/mol. The van der Waals surface area contributed by atoms with E-state index < -0.39 is 11.7 Å². The second-order valence-corrected chi connectivity index (χ2v) is 5.34. The van der Waals surface area contributed by atoms with Gasteiger partial charge in [0, 0.05) is 10.2 Å². The average molecular weight is 343 g/mol. The largest absolute Gasteiger partial charge is 0.322 e. The summed E-state index contributed by atoms with van der Waals surface area (Å²) in [6.45, 7) is 1.86. The van der Waals surface area contributed by atoms with Gasteiger partial charge in [-0.3, -0.25) is 4.79 Å². The van der Waals surface area contributed by atoms with Gasteiger partial charge in [0.25, 0.3) is 5.91 Å². The molecule has 2 aromatic rings. The van der Waals surface area contributed by atoms with E-state index in [1.807, 2.05) is 13.0 Å². The quantitative estimate of drug-likeness (QED) is 0.834. The predicted octanol–water partition coefficient (Wildman–Crippen LogP) is 4.80. The van der Waals surface area contributed by atoms with Crippen molar-refractivity contribution in [3.63, 3.8) is 0 Å². The molecule has 19 heavy (non-hydrogen) atoms. The van der Waals surface area contributed by atoms with Crippen molar-refractivity contribution in [3.05, 3.63) is 62.8 Å². The van der Waals surface area contributed by atoms with Gasteiger partial charge in [-0.05, 0) is 42.8 Å². The molecule has 0 bridgehead atoms. The zero-order chi connectivity index (χ0) is 14.0. The van der Waals surface area contributed by atoms with Gasteiger partial charge >= 0.3 is 0 Å². The summed E-state index contributed by atoms with van der Waals surface area (Å²) in [7, 11) is 0. The number of aryl methyl sites for hydroxylation is 1. The van der Waals surface area contributed by atoms with Crippen LogP contribution in [-0.2, 0) is 0 Å². The number of amides is 1. The fourth-order valence-corrected chi connectivity index (χ4v) is 2.29. The first-order valence-electron chi connectivity index (χ1n) is 5.50. The fourth-order valence-electron chi connectivity index (χ4n) is 1.64. The number of nitrogens with one attached hydrogen (secondary N) is 1. The van der Waals surface area contributed by atoms with Crippen molar-refractivity contribution in [1.29, 1.82) is 0 Å². The van der Waals surface area contributed by atoms with E-state index in [-0.39, 0.29) is 10.6 Å². The fraction of sp³-hybridized carbons (Fsp3) is 0.0714. The van der Waals surface area contributed by atoms with Crippen LogP contribution in [0.2, 0.25) is 5.02 Å². The van der Waals surface area contributed by atoms with Crippen molar-refractivity contribution < 1.29 is 9.18 Å². The van der Waals surface area contributed by atoms with Crippen LogP contribution in [0.4, 0.5) is 10.1 Å². The van der Waals surface area contributed by atoms with E-state index in [2.05, 4.69) is 21.2 Å². The van der Waals surface area contributed by atoms with Gasteiger partial charge in [0.2, 0.25) is 0 Å². The molecular formula is C14H10BrClFNO. The Morgan fingerprint density at radius 2 is 2.05 bits per heavy atom. The molecule has 2 aromatic carbocycles. The first-order valence-corrected chi connectivity index (χ1v) is 6.67. The van der Waals surface area contributed by atoms with E-state index in [1.54, 1.807) is 12.1 Å². The standard InChI is InChI=1S/C14H10BrClFNO/c1-8-7-9(15)5-6-12(8)18-14(19)10-3-2-4-11(16)13(10)17/h2-7H,1H3,(H,18,19). The maximum atomic E-state index is 13.7. The second kappa shape index (κ2) is 5.72.